The second-order valence-corrected chi connectivity index (χ2v) is 5.16. The molecule has 0 saturated heterocycles. The first kappa shape index (κ1) is 13.4. The van der Waals surface area contributed by atoms with Crippen molar-refractivity contribution in [1.29, 1.82) is 0 Å². The molecule has 0 radical (unpaired) electrons. The number of hydrogen-bond acceptors (Lipinski definition) is 2. The van der Waals surface area contributed by atoms with Gasteiger partial charge in [0.2, 0.25) is 0 Å². The molecule has 1 aromatic carbocycles. The van der Waals surface area contributed by atoms with E-state index in [1.807, 2.05) is 37.5 Å². The molecule has 0 saturated carbocycles. The first-order valence-electron chi connectivity index (χ1n) is 5.73. The molecule has 96 valence electrons. The molecule has 2 aromatic rings. The Morgan fingerprint density at radius 1 is 1.22 bits per heavy atom. The van der Waals surface area contributed by atoms with E-state index in [2.05, 4.69) is 5.10 Å². The van der Waals surface area contributed by atoms with Crippen LogP contribution in [0.2, 0.25) is 10.0 Å². The van der Waals surface area contributed by atoms with E-state index in [1.54, 1.807) is 4.68 Å². The number of nitrogens with zero attached hydrogens (tertiary/aromatic N) is 2. The van der Waals surface area contributed by atoms with E-state index in [0.29, 0.717) is 22.9 Å². The third kappa shape index (κ3) is 3.25. The van der Waals surface area contributed by atoms with Gasteiger partial charge in [-0.3, -0.25) is 4.68 Å². The number of halogens is 2. The Bertz CT molecular complexity index is 517. The van der Waals surface area contributed by atoms with E-state index in [-0.39, 0.29) is 6.04 Å². The van der Waals surface area contributed by atoms with Crippen LogP contribution >= 0.6 is 23.2 Å². The largest absolute Gasteiger partial charge is 0.327 e. The van der Waals surface area contributed by atoms with E-state index < -0.39 is 0 Å². The van der Waals surface area contributed by atoms with Crippen LogP contribution in [0.15, 0.2) is 30.5 Å². The lowest BCUT2D eigenvalue weighted by atomic mass is 10.0. The van der Waals surface area contributed by atoms with Gasteiger partial charge in [-0.15, -0.1) is 0 Å². The summed E-state index contributed by atoms with van der Waals surface area (Å²) in [6, 6.07) is 7.41. The number of benzene rings is 1. The van der Waals surface area contributed by atoms with Crippen LogP contribution in [0.1, 0.15) is 11.3 Å². The van der Waals surface area contributed by atoms with Crippen molar-refractivity contribution in [3.8, 4) is 0 Å². The topological polar surface area (TPSA) is 43.8 Å². The molecule has 0 spiro atoms. The Morgan fingerprint density at radius 2 is 1.89 bits per heavy atom. The lowest BCUT2D eigenvalue weighted by Crippen LogP contribution is -2.26. The third-order valence-corrected chi connectivity index (χ3v) is 3.48. The Kier molecular flexibility index (Phi) is 4.27. The summed E-state index contributed by atoms with van der Waals surface area (Å²) in [5, 5.41) is 5.64. The number of aryl methyl sites for hydroxylation is 1. The molecule has 3 nitrogen and oxygen atoms in total. The highest BCUT2D eigenvalue weighted by molar-refractivity contribution is 6.35. The van der Waals surface area contributed by atoms with Crippen LogP contribution in [0.4, 0.5) is 0 Å². The standard InChI is InChI=1S/C13H15Cl2N3/c1-18-6-5-10(17-18)7-9(16)8-11-12(14)3-2-4-13(11)15/h2-6,9H,7-8,16H2,1H3. The van der Waals surface area contributed by atoms with Gasteiger partial charge in [0.25, 0.3) is 0 Å². The Balaban J connectivity index is 2.05. The van der Waals surface area contributed by atoms with Crippen molar-refractivity contribution in [2.75, 3.05) is 0 Å². The van der Waals surface area contributed by atoms with Crippen molar-refractivity contribution in [1.82, 2.24) is 9.78 Å². The van der Waals surface area contributed by atoms with Gasteiger partial charge in [0.05, 0.1) is 5.69 Å². The maximum Gasteiger partial charge on any atom is 0.0640 e. The molecule has 18 heavy (non-hydrogen) atoms. The van der Waals surface area contributed by atoms with Gasteiger partial charge in [-0.25, -0.2) is 0 Å². The molecule has 2 N–H and O–H groups in total. The van der Waals surface area contributed by atoms with Gasteiger partial charge < -0.3 is 5.73 Å². The number of rotatable bonds is 4. The number of aromatic nitrogens is 2. The van der Waals surface area contributed by atoms with E-state index in [4.69, 9.17) is 28.9 Å². The summed E-state index contributed by atoms with van der Waals surface area (Å²) in [5.74, 6) is 0. The fraction of sp³-hybridized carbons (Fsp3) is 0.308. The summed E-state index contributed by atoms with van der Waals surface area (Å²) in [5.41, 5.74) is 8.00. The minimum Gasteiger partial charge on any atom is -0.327 e. The average molecular weight is 284 g/mol. The SMILES string of the molecule is Cn1ccc(CC(N)Cc2c(Cl)cccc2Cl)n1. The minimum atomic E-state index is -0.0442. The molecular weight excluding hydrogens is 269 g/mol. The summed E-state index contributed by atoms with van der Waals surface area (Å²) >= 11 is 12.2. The van der Waals surface area contributed by atoms with E-state index in [1.165, 1.54) is 0 Å². The first-order valence-corrected chi connectivity index (χ1v) is 6.49. The molecule has 1 aromatic heterocycles. The second kappa shape index (κ2) is 5.74. The van der Waals surface area contributed by atoms with Gasteiger partial charge in [0, 0.05) is 35.8 Å². The molecule has 0 aliphatic rings. The Labute approximate surface area is 117 Å². The van der Waals surface area contributed by atoms with Crippen molar-refractivity contribution in [3.63, 3.8) is 0 Å². The van der Waals surface area contributed by atoms with Gasteiger partial charge in [0.15, 0.2) is 0 Å². The smallest absolute Gasteiger partial charge is 0.0640 e. The highest BCUT2D eigenvalue weighted by Gasteiger charge is 2.12. The van der Waals surface area contributed by atoms with Crippen molar-refractivity contribution in [2.45, 2.75) is 18.9 Å². The zero-order valence-electron chi connectivity index (χ0n) is 10.1. The van der Waals surface area contributed by atoms with Crippen LogP contribution < -0.4 is 5.73 Å². The highest BCUT2D eigenvalue weighted by atomic mass is 35.5. The van der Waals surface area contributed by atoms with Crippen LogP contribution in [0.5, 0.6) is 0 Å². The lowest BCUT2D eigenvalue weighted by molar-refractivity contribution is 0.638. The molecule has 5 heteroatoms. The predicted octanol–water partition coefficient (Wildman–Crippen LogP) is 2.84. The van der Waals surface area contributed by atoms with Gasteiger partial charge in [-0.1, -0.05) is 29.3 Å². The molecule has 1 atom stereocenters. The zero-order chi connectivity index (χ0) is 13.1. The van der Waals surface area contributed by atoms with Crippen molar-refractivity contribution in [2.24, 2.45) is 12.8 Å². The quantitative estimate of drug-likeness (QED) is 0.938. The molecule has 0 aliphatic carbocycles. The predicted molar refractivity (Wildman–Crippen MR) is 75.1 cm³/mol. The van der Waals surface area contributed by atoms with Crippen LogP contribution in [-0.4, -0.2) is 15.8 Å². The van der Waals surface area contributed by atoms with Crippen molar-refractivity contribution >= 4 is 23.2 Å². The van der Waals surface area contributed by atoms with Crippen LogP contribution in [0, 0.1) is 0 Å². The van der Waals surface area contributed by atoms with E-state index >= 15 is 0 Å². The fourth-order valence-electron chi connectivity index (χ4n) is 1.90. The van der Waals surface area contributed by atoms with Crippen LogP contribution in [0.25, 0.3) is 0 Å². The zero-order valence-corrected chi connectivity index (χ0v) is 11.6. The first-order chi connectivity index (χ1) is 8.56. The van der Waals surface area contributed by atoms with Crippen LogP contribution in [-0.2, 0) is 19.9 Å². The normalized spacial score (nSPS) is 12.7. The highest BCUT2D eigenvalue weighted by Crippen LogP contribution is 2.25. The van der Waals surface area contributed by atoms with Gasteiger partial charge in [-0.2, -0.15) is 5.10 Å². The van der Waals surface area contributed by atoms with Crippen molar-refractivity contribution in [3.05, 3.63) is 51.8 Å². The van der Waals surface area contributed by atoms with E-state index in [0.717, 1.165) is 11.3 Å². The molecule has 0 amide bonds. The molecule has 1 unspecified atom stereocenters. The lowest BCUT2D eigenvalue weighted by Gasteiger charge is -2.12. The van der Waals surface area contributed by atoms with E-state index in [9.17, 15) is 0 Å². The maximum atomic E-state index is 6.12. The summed E-state index contributed by atoms with van der Waals surface area (Å²) in [6.07, 6.45) is 3.27. The minimum absolute atomic E-state index is 0.0442. The van der Waals surface area contributed by atoms with Gasteiger partial charge in [-0.05, 0) is 30.2 Å². The summed E-state index contributed by atoms with van der Waals surface area (Å²) in [6.45, 7) is 0. The van der Waals surface area contributed by atoms with Crippen molar-refractivity contribution < 1.29 is 0 Å². The maximum absolute atomic E-state index is 6.12. The monoisotopic (exact) mass is 283 g/mol. The number of hydrogen-bond donors (Lipinski definition) is 1. The fourth-order valence-corrected chi connectivity index (χ4v) is 2.45. The summed E-state index contributed by atoms with van der Waals surface area (Å²) in [7, 11) is 1.89. The molecule has 0 bridgehead atoms. The molecule has 0 fully saturated rings. The Hall–Kier alpha value is -1.03. The molecule has 1 heterocycles. The summed E-state index contributed by atoms with van der Waals surface area (Å²) in [4.78, 5) is 0. The summed E-state index contributed by atoms with van der Waals surface area (Å²) < 4.78 is 1.77. The van der Waals surface area contributed by atoms with Crippen LogP contribution in [0.3, 0.4) is 0 Å². The molecular formula is C13H15Cl2N3. The van der Waals surface area contributed by atoms with Gasteiger partial charge >= 0.3 is 0 Å². The second-order valence-electron chi connectivity index (χ2n) is 4.35. The average Bonchev–Trinajstić information content (AvgIpc) is 2.69. The van der Waals surface area contributed by atoms with Gasteiger partial charge in [0.1, 0.15) is 0 Å². The Morgan fingerprint density at radius 3 is 2.44 bits per heavy atom. The molecule has 0 aliphatic heterocycles. The third-order valence-electron chi connectivity index (χ3n) is 2.77. The molecule has 2 rings (SSSR count). The number of nitrogens with two attached hydrogens (primary N) is 1.